The lowest BCUT2D eigenvalue weighted by Crippen LogP contribution is -2.39. The first kappa shape index (κ1) is 21.4. The Balaban J connectivity index is 1.29. The van der Waals surface area contributed by atoms with Crippen molar-refractivity contribution in [2.45, 2.75) is 18.8 Å². The molecule has 0 spiro atoms. The predicted octanol–water partition coefficient (Wildman–Crippen LogP) is 2.77. The first-order valence-electron chi connectivity index (χ1n) is 10.7. The van der Waals surface area contributed by atoms with E-state index in [0.717, 1.165) is 10.9 Å². The highest BCUT2D eigenvalue weighted by Gasteiger charge is 2.32. The maximum Gasteiger partial charge on any atom is 0.262 e. The van der Waals surface area contributed by atoms with Crippen LogP contribution in [0.1, 0.15) is 24.5 Å². The molecule has 1 aliphatic heterocycles. The van der Waals surface area contributed by atoms with Crippen LogP contribution >= 0.6 is 0 Å². The summed E-state index contributed by atoms with van der Waals surface area (Å²) in [4.78, 5) is 40.2. The number of ether oxygens (including phenoxy) is 1. The van der Waals surface area contributed by atoms with Gasteiger partial charge in [0.05, 0.1) is 17.8 Å². The molecule has 3 heterocycles. The van der Waals surface area contributed by atoms with Crippen LogP contribution in [0.15, 0.2) is 59.5 Å². The fourth-order valence-corrected chi connectivity index (χ4v) is 4.07. The van der Waals surface area contributed by atoms with Crippen molar-refractivity contribution in [2.75, 3.05) is 11.9 Å². The molecule has 2 aromatic heterocycles. The zero-order valence-corrected chi connectivity index (χ0v) is 18.3. The highest BCUT2D eigenvalue weighted by molar-refractivity contribution is 6.03. The van der Waals surface area contributed by atoms with Crippen LogP contribution in [-0.4, -0.2) is 39.1 Å². The Morgan fingerprint density at radius 2 is 2.06 bits per heavy atom. The molecule has 0 aliphatic carbocycles. The van der Waals surface area contributed by atoms with Crippen LogP contribution in [0.5, 0.6) is 5.75 Å². The third-order valence-electron chi connectivity index (χ3n) is 5.67. The number of piperidine rings is 1. The number of oxazole rings is 1. The largest absolute Gasteiger partial charge is 0.481 e. The van der Waals surface area contributed by atoms with E-state index in [-0.39, 0.29) is 30.7 Å². The second-order valence-corrected chi connectivity index (χ2v) is 7.94. The second kappa shape index (κ2) is 8.81. The summed E-state index contributed by atoms with van der Waals surface area (Å²) < 4.78 is 12.7. The van der Waals surface area contributed by atoms with Crippen LogP contribution in [0.4, 0.5) is 5.69 Å². The number of hydrogen-bond donors (Lipinski definition) is 2. The van der Waals surface area contributed by atoms with Gasteiger partial charge < -0.3 is 14.5 Å². The third kappa shape index (κ3) is 4.13. The fraction of sp³-hybridized carbons (Fsp3) is 0.208. The summed E-state index contributed by atoms with van der Waals surface area (Å²) in [7, 11) is 1.75. The lowest BCUT2D eigenvalue weighted by atomic mass is 9.93. The molecule has 1 fully saturated rings. The smallest absolute Gasteiger partial charge is 0.262 e. The summed E-state index contributed by atoms with van der Waals surface area (Å²) >= 11 is 0. The van der Waals surface area contributed by atoms with Crippen LogP contribution in [-0.2, 0) is 21.4 Å². The number of aryl methyl sites for hydroxylation is 1. The summed E-state index contributed by atoms with van der Waals surface area (Å²) in [6.45, 7) is -0.206. The lowest BCUT2D eigenvalue weighted by molar-refractivity contribution is -0.134. The lowest BCUT2D eigenvalue weighted by Gasteiger charge is -2.19. The maximum atomic E-state index is 12.5. The zero-order valence-electron chi connectivity index (χ0n) is 18.3. The van der Waals surface area contributed by atoms with E-state index in [1.165, 1.54) is 6.39 Å². The topological polar surface area (TPSA) is 128 Å². The number of fused-ring (bicyclic) bond motifs is 1. The van der Waals surface area contributed by atoms with Crippen LogP contribution < -0.4 is 15.4 Å². The van der Waals surface area contributed by atoms with E-state index in [0.29, 0.717) is 34.8 Å². The average Bonchev–Trinajstić information content (AvgIpc) is 3.47. The Morgan fingerprint density at radius 1 is 1.24 bits per heavy atom. The summed E-state index contributed by atoms with van der Waals surface area (Å²) in [5, 5.41) is 10.4. The number of anilines is 1. The van der Waals surface area contributed by atoms with Gasteiger partial charge >= 0.3 is 0 Å². The summed E-state index contributed by atoms with van der Waals surface area (Å²) in [5.41, 5.74) is 2.73. The predicted molar refractivity (Wildman–Crippen MR) is 122 cm³/mol. The molecule has 1 atom stereocenters. The van der Waals surface area contributed by atoms with Crippen molar-refractivity contribution in [2.24, 2.45) is 7.05 Å². The van der Waals surface area contributed by atoms with Crippen LogP contribution in [0.2, 0.25) is 0 Å². The Kier molecular flexibility index (Phi) is 5.54. The minimum absolute atomic E-state index is 0.206. The first-order chi connectivity index (χ1) is 16.5. The number of carbonyl (C=O) groups excluding carboxylic acids is 3. The maximum absolute atomic E-state index is 12.5. The van der Waals surface area contributed by atoms with Gasteiger partial charge in [-0.15, -0.1) is 0 Å². The van der Waals surface area contributed by atoms with Crippen LogP contribution in [0.25, 0.3) is 22.2 Å². The highest BCUT2D eigenvalue weighted by Crippen LogP contribution is 2.34. The van der Waals surface area contributed by atoms with Gasteiger partial charge in [-0.05, 0) is 36.8 Å². The number of para-hydroxylation sites is 1. The second-order valence-electron chi connectivity index (χ2n) is 7.94. The number of benzene rings is 2. The van der Waals surface area contributed by atoms with Crippen molar-refractivity contribution in [1.29, 1.82) is 0 Å². The number of imide groups is 1. The summed E-state index contributed by atoms with van der Waals surface area (Å²) in [6.07, 6.45) is 3.65. The van der Waals surface area contributed by atoms with Crippen molar-refractivity contribution in [1.82, 2.24) is 20.1 Å². The van der Waals surface area contributed by atoms with Crippen molar-refractivity contribution in [3.63, 3.8) is 0 Å². The Bertz CT molecular complexity index is 1380. The standard InChI is InChI=1S/C24H21N5O5/c1-29-23-16(22(28-29)17-9-10-20(30)27-24(17)32)3-2-4-18(23)33-12-21(31)26-15-7-5-14(6-8-15)19-11-25-13-34-19/h2-8,11,13,17H,9-10,12H2,1H3,(H,26,31)(H,27,30,32). The number of nitrogens with one attached hydrogen (secondary N) is 2. The molecular formula is C24H21N5O5. The van der Waals surface area contributed by atoms with Gasteiger partial charge in [-0.2, -0.15) is 5.10 Å². The van der Waals surface area contributed by atoms with Gasteiger partial charge in [0.1, 0.15) is 11.3 Å². The fourth-order valence-electron chi connectivity index (χ4n) is 4.07. The molecule has 0 radical (unpaired) electrons. The molecule has 1 saturated heterocycles. The van der Waals surface area contributed by atoms with Crippen molar-refractivity contribution in [3.8, 4) is 17.1 Å². The SMILES string of the molecule is Cn1nc(C2CCC(=O)NC2=O)c2cccc(OCC(=O)Nc3ccc(-c4cnco4)cc3)c21. The molecule has 10 nitrogen and oxygen atoms in total. The van der Waals surface area contributed by atoms with E-state index < -0.39 is 5.92 Å². The molecule has 1 unspecified atom stereocenters. The van der Waals surface area contributed by atoms with E-state index >= 15 is 0 Å². The number of rotatable bonds is 6. The number of amides is 3. The van der Waals surface area contributed by atoms with Crippen LogP contribution in [0.3, 0.4) is 0 Å². The van der Waals surface area contributed by atoms with E-state index in [2.05, 4.69) is 20.7 Å². The molecule has 0 saturated carbocycles. The molecule has 10 heteroatoms. The minimum Gasteiger partial charge on any atom is -0.481 e. The Labute approximate surface area is 193 Å². The highest BCUT2D eigenvalue weighted by atomic mass is 16.5. The van der Waals surface area contributed by atoms with Gasteiger partial charge in [0, 0.05) is 30.1 Å². The average molecular weight is 459 g/mol. The van der Waals surface area contributed by atoms with E-state index in [1.54, 1.807) is 42.2 Å². The molecule has 3 amide bonds. The van der Waals surface area contributed by atoms with Gasteiger partial charge in [-0.3, -0.25) is 24.4 Å². The molecule has 5 rings (SSSR count). The molecule has 0 bridgehead atoms. The van der Waals surface area contributed by atoms with Crippen molar-refractivity contribution < 1.29 is 23.5 Å². The van der Waals surface area contributed by atoms with Gasteiger partial charge in [-0.1, -0.05) is 12.1 Å². The summed E-state index contributed by atoms with van der Waals surface area (Å²) in [6, 6.07) is 12.6. The first-order valence-corrected chi connectivity index (χ1v) is 10.7. The quantitative estimate of drug-likeness (QED) is 0.424. The Hall–Kier alpha value is -4.47. The minimum atomic E-state index is -0.514. The molecule has 34 heavy (non-hydrogen) atoms. The van der Waals surface area contributed by atoms with E-state index in [9.17, 15) is 14.4 Å². The van der Waals surface area contributed by atoms with Gasteiger partial charge in [0.15, 0.2) is 18.8 Å². The molecule has 2 aromatic carbocycles. The Morgan fingerprint density at radius 3 is 2.79 bits per heavy atom. The van der Waals surface area contributed by atoms with Gasteiger partial charge in [0.2, 0.25) is 11.8 Å². The number of carbonyl (C=O) groups is 3. The number of nitrogens with zero attached hydrogens (tertiary/aromatic N) is 3. The summed E-state index contributed by atoms with van der Waals surface area (Å²) in [5.74, 6) is -0.346. The number of aromatic nitrogens is 3. The molecule has 1 aliphatic rings. The van der Waals surface area contributed by atoms with Gasteiger partial charge in [-0.25, -0.2) is 4.98 Å². The van der Waals surface area contributed by atoms with Crippen LogP contribution in [0, 0.1) is 0 Å². The van der Waals surface area contributed by atoms with Crippen molar-refractivity contribution >= 4 is 34.3 Å². The van der Waals surface area contributed by atoms with E-state index in [1.807, 2.05) is 18.2 Å². The molecule has 2 N–H and O–H groups in total. The third-order valence-corrected chi connectivity index (χ3v) is 5.67. The zero-order chi connectivity index (χ0) is 23.7. The monoisotopic (exact) mass is 459 g/mol. The molecule has 4 aromatic rings. The molecule has 172 valence electrons. The number of hydrogen-bond acceptors (Lipinski definition) is 7. The van der Waals surface area contributed by atoms with E-state index in [4.69, 9.17) is 9.15 Å². The molecular weight excluding hydrogens is 438 g/mol. The van der Waals surface area contributed by atoms with Gasteiger partial charge in [0.25, 0.3) is 5.91 Å². The van der Waals surface area contributed by atoms with Crippen molar-refractivity contribution in [3.05, 3.63) is 60.7 Å². The normalized spacial score (nSPS) is 15.9.